The summed E-state index contributed by atoms with van der Waals surface area (Å²) in [7, 11) is -3.58. The highest BCUT2D eigenvalue weighted by Crippen LogP contribution is 2.22. The third-order valence-electron chi connectivity index (χ3n) is 3.35. The first-order chi connectivity index (χ1) is 9.75. The van der Waals surface area contributed by atoms with Crippen molar-refractivity contribution in [2.24, 2.45) is 11.8 Å². The summed E-state index contributed by atoms with van der Waals surface area (Å²) >= 11 is 0. The number of rotatable bonds is 8. The van der Waals surface area contributed by atoms with Crippen molar-refractivity contribution in [3.8, 4) is 0 Å². The molecule has 1 heterocycles. The van der Waals surface area contributed by atoms with E-state index in [0.717, 1.165) is 12.8 Å². The van der Waals surface area contributed by atoms with Gasteiger partial charge in [0, 0.05) is 25.5 Å². The number of sulfonamides is 1. The predicted octanol–water partition coefficient (Wildman–Crippen LogP) is 2.75. The van der Waals surface area contributed by atoms with Crippen molar-refractivity contribution >= 4 is 15.7 Å². The van der Waals surface area contributed by atoms with E-state index in [0.29, 0.717) is 24.9 Å². The Kier molecular flexibility index (Phi) is 6.61. The van der Waals surface area contributed by atoms with Crippen LogP contribution >= 0.6 is 0 Å². The van der Waals surface area contributed by atoms with Crippen molar-refractivity contribution in [3.05, 3.63) is 18.5 Å². The van der Waals surface area contributed by atoms with Gasteiger partial charge in [0.15, 0.2) is 0 Å². The van der Waals surface area contributed by atoms with E-state index in [1.807, 2.05) is 0 Å². The second-order valence-corrected chi connectivity index (χ2v) is 8.09. The molecule has 0 spiro atoms. The molecule has 0 amide bonds. The molecule has 0 unspecified atom stereocenters. The minimum Gasteiger partial charge on any atom is -0.398 e. The van der Waals surface area contributed by atoms with Gasteiger partial charge in [-0.25, -0.2) is 8.42 Å². The Morgan fingerprint density at radius 2 is 1.67 bits per heavy atom. The van der Waals surface area contributed by atoms with Crippen LogP contribution in [-0.2, 0) is 10.0 Å². The summed E-state index contributed by atoms with van der Waals surface area (Å²) in [5.74, 6) is 0.904. The molecule has 0 fully saturated rings. The number of nitrogens with two attached hydrogens (primary N) is 1. The first-order valence-electron chi connectivity index (χ1n) is 7.44. The molecule has 6 heteroatoms. The van der Waals surface area contributed by atoms with Gasteiger partial charge in [-0.05, 0) is 30.7 Å². The summed E-state index contributed by atoms with van der Waals surface area (Å²) in [4.78, 5) is 4.01. The number of hydrogen-bond donors (Lipinski definition) is 1. The number of anilines is 1. The zero-order valence-electron chi connectivity index (χ0n) is 13.4. The van der Waals surface area contributed by atoms with Crippen molar-refractivity contribution < 1.29 is 8.42 Å². The van der Waals surface area contributed by atoms with Crippen LogP contribution in [-0.4, -0.2) is 30.8 Å². The van der Waals surface area contributed by atoms with Gasteiger partial charge in [0.1, 0.15) is 4.90 Å². The molecule has 1 rings (SSSR count). The third kappa shape index (κ3) is 5.28. The zero-order valence-corrected chi connectivity index (χ0v) is 14.2. The van der Waals surface area contributed by atoms with Crippen molar-refractivity contribution in [3.63, 3.8) is 0 Å². The van der Waals surface area contributed by atoms with Gasteiger partial charge in [-0.15, -0.1) is 0 Å². The van der Waals surface area contributed by atoms with E-state index < -0.39 is 10.0 Å². The van der Waals surface area contributed by atoms with Gasteiger partial charge in [-0.3, -0.25) is 4.98 Å². The van der Waals surface area contributed by atoms with E-state index in [4.69, 9.17) is 5.73 Å². The summed E-state index contributed by atoms with van der Waals surface area (Å²) in [5.41, 5.74) is 6.06. The maximum atomic E-state index is 12.8. The molecule has 0 saturated carbocycles. The maximum absolute atomic E-state index is 12.8. The van der Waals surface area contributed by atoms with E-state index in [2.05, 4.69) is 32.7 Å². The van der Waals surface area contributed by atoms with Gasteiger partial charge >= 0.3 is 0 Å². The van der Waals surface area contributed by atoms with Crippen LogP contribution in [0.5, 0.6) is 0 Å². The van der Waals surface area contributed by atoms with Gasteiger partial charge in [-0.1, -0.05) is 27.7 Å². The van der Waals surface area contributed by atoms with Gasteiger partial charge in [0.25, 0.3) is 0 Å². The van der Waals surface area contributed by atoms with E-state index in [1.165, 1.54) is 18.5 Å². The summed E-state index contributed by atoms with van der Waals surface area (Å²) in [6.45, 7) is 9.39. The SMILES string of the molecule is CC(C)CCN(CCC(C)C)S(=O)(=O)c1cnccc1N. The smallest absolute Gasteiger partial charge is 0.246 e. The quantitative estimate of drug-likeness (QED) is 0.800. The van der Waals surface area contributed by atoms with Crippen molar-refractivity contribution in [2.75, 3.05) is 18.8 Å². The monoisotopic (exact) mass is 313 g/mol. The van der Waals surface area contributed by atoms with Crippen LogP contribution in [0.3, 0.4) is 0 Å². The predicted molar refractivity (Wildman–Crippen MR) is 86.3 cm³/mol. The van der Waals surface area contributed by atoms with Crippen LogP contribution < -0.4 is 5.73 Å². The van der Waals surface area contributed by atoms with Crippen LogP contribution in [0.25, 0.3) is 0 Å². The Balaban J connectivity index is 3.01. The molecule has 0 aliphatic rings. The Bertz CT molecular complexity index is 530. The van der Waals surface area contributed by atoms with E-state index in [1.54, 1.807) is 4.31 Å². The molecule has 21 heavy (non-hydrogen) atoms. The highest BCUT2D eigenvalue weighted by Gasteiger charge is 2.26. The highest BCUT2D eigenvalue weighted by atomic mass is 32.2. The van der Waals surface area contributed by atoms with Crippen LogP contribution in [0.15, 0.2) is 23.4 Å². The molecule has 0 bridgehead atoms. The van der Waals surface area contributed by atoms with Crippen molar-refractivity contribution in [1.29, 1.82) is 0 Å². The number of nitrogens with zero attached hydrogens (tertiary/aromatic N) is 2. The van der Waals surface area contributed by atoms with Gasteiger partial charge < -0.3 is 5.73 Å². The molecule has 0 atom stereocenters. The lowest BCUT2D eigenvalue weighted by atomic mass is 10.1. The van der Waals surface area contributed by atoms with Crippen LogP contribution in [0.2, 0.25) is 0 Å². The van der Waals surface area contributed by atoms with Crippen LogP contribution in [0, 0.1) is 11.8 Å². The Labute approximate surface area is 128 Å². The second-order valence-electron chi connectivity index (χ2n) is 6.18. The lowest BCUT2D eigenvalue weighted by Gasteiger charge is -2.24. The molecule has 120 valence electrons. The largest absolute Gasteiger partial charge is 0.398 e. The minimum atomic E-state index is -3.58. The number of hydrogen-bond acceptors (Lipinski definition) is 4. The topological polar surface area (TPSA) is 76.3 Å². The number of aromatic nitrogens is 1. The molecule has 2 N–H and O–H groups in total. The van der Waals surface area contributed by atoms with Crippen molar-refractivity contribution in [1.82, 2.24) is 9.29 Å². The average Bonchev–Trinajstić information content (AvgIpc) is 2.37. The Hall–Kier alpha value is -1.14. The molecular formula is C15H27N3O2S. The summed E-state index contributed by atoms with van der Waals surface area (Å²) in [6, 6.07) is 1.52. The maximum Gasteiger partial charge on any atom is 0.246 e. The standard InChI is InChI=1S/C15H27N3O2S/c1-12(2)6-9-18(10-7-13(3)4)21(19,20)15-11-17-8-5-14(15)16/h5,8,11-13H,6-7,9-10H2,1-4H3,(H2,16,17). The molecule has 1 aromatic rings. The van der Waals surface area contributed by atoms with E-state index in [-0.39, 0.29) is 10.6 Å². The molecule has 0 aliphatic heterocycles. The van der Waals surface area contributed by atoms with Gasteiger partial charge in [0.2, 0.25) is 10.0 Å². The normalized spacial score (nSPS) is 12.5. The Morgan fingerprint density at radius 3 is 2.10 bits per heavy atom. The lowest BCUT2D eigenvalue weighted by Crippen LogP contribution is -2.34. The number of pyridine rings is 1. The van der Waals surface area contributed by atoms with Gasteiger partial charge in [0.05, 0.1) is 5.69 Å². The number of nitrogen functional groups attached to an aromatic ring is 1. The molecule has 5 nitrogen and oxygen atoms in total. The van der Waals surface area contributed by atoms with Gasteiger partial charge in [-0.2, -0.15) is 4.31 Å². The first-order valence-corrected chi connectivity index (χ1v) is 8.88. The second kappa shape index (κ2) is 7.75. The van der Waals surface area contributed by atoms with Crippen molar-refractivity contribution in [2.45, 2.75) is 45.4 Å². The average molecular weight is 313 g/mol. The summed E-state index contributed by atoms with van der Waals surface area (Å²) in [6.07, 6.45) is 4.50. The first kappa shape index (κ1) is 17.9. The van der Waals surface area contributed by atoms with E-state index in [9.17, 15) is 8.42 Å². The lowest BCUT2D eigenvalue weighted by molar-refractivity contribution is 0.357. The van der Waals surface area contributed by atoms with Crippen LogP contribution in [0.1, 0.15) is 40.5 Å². The molecular weight excluding hydrogens is 286 g/mol. The molecule has 0 saturated heterocycles. The molecule has 0 aliphatic carbocycles. The summed E-state index contributed by atoms with van der Waals surface area (Å²) < 4.78 is 27.1. The van der Waals surface area contributed by atoms with Crippen LogP contribution in [0.4, 0.5) is 5.69 Å². The fourth-order valence-corrected chi connectivity index (χ4v) is 3.43. The minimum absolute atomic E-state index is 0.109. The Morgan fingerprint density at radius 1 is 1.14 bits per heavy atom. The molecule has 0 aromatic carbocycles. The molecule has 1 aromatic heterocycles. The molecule has 0 radical (unpaired) electrons. The fraction of sp³-hybridized carbons (Fsp3) is 0.667. The summed E-state index contributed by atoms with van der Waals surface area (Å²) in [5, 5.41) is 0. The van der Waals surface area contributed by atoms with E-state index >= 15 is 0 Å². The fourth-order valence-electron chi connectivity index (χ4n) is 1.90. The zero-order chi connectivity index (χ0) is 16.0. The highest BCUT2D eigenvalue weighted by molar-refractivity contribution is 7.89. The third-order valence-corrected chi connectivity index (χ3v) is 5.29.